The lowest BCUT2D eigenvalue weighted by atomic mass is 10.3. The highest BCUT2D eigenvalue weighted by atomic mass is 79.9. The average Bonchev–Trinajstić information content (AvgIpc) is 2.34. The van der Waals surface area contributed by atoms with Crippen LogP contribution in [0.25, 0.3) is 0 Å². The van der Waals surface area contributed by atoms with Crippen molar-refractivity contribution in [2.75, 3.05) is 11.1 Å². The fourth-order valence-corrected chi connectivity index (χ4v) is 1.62. The standard InChI is InChI=1S/C12H10BrN3O2/c13-7-1-3-8(4-2-7)15-11-9(14)5-6-10(16-11)12(17)18/h1-6H,14H2,(H,15,16)(H,17,18). The van der Waals surface area contributed by atoms with E-state index in [9.17, 15) is 4.79 Å². The number of carbonyl (C=O) groups is 1. The lowest BCUT2D eigenvalue weighted by Gasteiger charge is -2.09. The average molecular weight is 308 g/mol. The third-order valence-electron chi connectivity index (χ3n) is 2.25. The van der Waals surface area contributed by atoms with Crippen molar-refractivity contribution in [2.24, 2.45) is 0 Å². The van der Waals surface area contributed by atoms with E-state index >= 15 is 0 Å². The minimum absolute atomic E-state index is 0.0520. The van der Waals surface area contributed by atoms with Crippen molar-refractivity contribution in [1.82, 2.24) is 4.98 Å². The Bertz CT molecular complexity index is 584. The number of nitrogens with one attached hydrogen (secondary N) is 1. The predicted octanol–water partition coefficient (Wildman–Crippen LogP) is 2.87. The quantitative estimate of drug-likeness (QED) is 0.811. The Morgan fingerprint density at radius 1 is 1.22 bits per heavy atom. The number of halogens is 1. The maximum Gasteiger partial charge on any atom is 0.354 e. The first-order valence-corrected chi connectivity index (χ1v) is 5.88. The number of anilines is 3. The molecule has 0 fully saturated rings. The zero-order valence-corrected chi connectivity index (χ0v) is 10.8. The van der Waals surface area contributed by atoms with Gasteiger partial charge < -0.3 is 16.2 Å². The summed E-state index contributed by atoms with van der Waals surface area (Å²) in [7, 11) is 0. The highest BCUT2D eigenvalue weighted by Crippen LogP contribution is 2.22. The van der Waals surface area contributed by atoms with Crippen LogP contribution in [0.15, 0.2) is 40.9 Å². The number of rotatable bonds is 3. The topological polar surface area (TPSA) is 88.2 Å². The zero-order valence-electron chi connectivity index (χ0n) is 9.22. The molecule has 18 heavy (non-hydrogen) atoms. The minimum atomic E-state index is -1.09. The number of benzene rings is 1. The van der Waals surface area contributed by atoms with E-state index < -0.39 is 5.97 Å². The number of hydrogen-bond acceptors (Lipinski definition) is 4. The summed E-state index contributed by atoms with van der Waals surface area (Å²) in [4.78, 5) is 14.8. The van der Waals surface area contributed by atoms with Crippen molar-refractivity contribution < 1.29 is 9.90 Å². The molecule has 1 aromatic carbocycles. The molecule has 5 nitrogen and oxygen atoms in total. The molecule has 0 saturated carbocycles. The van der Waals surface area contributed by atoms with Crippen LogP contribution >= 0.6 is 15.9 Å². The highest BCUT2D eigenvalue weighted by Gasteiger charge is 2.08. The van der Waals surface area contributed by atoms with E-state index in [4.69, 9.17) is 10.8 Å². The van der Waals surface area contributed by atoms with Gasteiger partial charge >= 0.3 is 5.97 Å². The number of carboxylic acid groups (broad SMARTS) is 1. The van der Waals surface area contributed by atoms with Gasteiger partial charge in [-0.05, 0) is 36.4 Å². The Labute approximate surface area is 112 Å². The SMILES string of the molecule is Nc1ccc(C(=O)O)nc1Nc1ccc(Br)cc1. The van der Waals surface area contributed by atoms with Crippen molar-refractivity contribution in [3.8, 4) is 0 Å². The van der Waals surface area contributed by atoms with Gasteiger partial charge in [-0.3, -0.25) is 0 Å². The van der Waals surface area contributed by atoms with Crippen LogP contribution < -0.4 is 11.1 Å². The summed E-state index contributed by atoms with van der Waals surface area (Å²) in [6.45, 7) is 0. The highest BCUT2D eigenvalue weighted by molar-refractivity contribution is 9.10. The van der Waals surface area contributed by atoms with Crippen molar-refractivity contribution in [3.63, 3.8) is 0 Å². The van der Waals surface area contributed by atoms with Crippen molar-refractivity contribution in [3.05, 3.63) is 46.6 Å². The lowest BCUT2D eigenvalue weighted by molar-refractivity contribution is 0.0690. The molecule has 0 amide bonds. The van der Waals surface area contributed by atoms with E-state index in [1.54, 1.807) is 0 Å². The van der Waals surface area contributed by atoms with Gasteiger partial charge in [-0.2, -0.15) is 0 Å². The van der Waals surface area contributed by atoms with E-state index in [1.165, 1.54) is 12.1 Å². The Balaban J connectivity index is 2.30. The summed E-state index contributed by atoms with van der Waals surface area (Å²) in [6.07, 6.45) is 0. The smallest absolute Gasteiger partial charge is 0.354 e. The first-order valence-electron chi connectivity index (χ1n) is 5.08. The fraction of sp³-hybridized carbons (Fsp3) is 0. The van der Waals surface area contributed by atoms with Gasteiger partial charge in [-0.25, -0.2) is 9.78 Å². The van der Waals surface area contributed by atoms with E-state index in [-0.39, 0.29) is 5.69 Å². The molecular weight excluding hydrogens is 298 g/mol. The molecule has 0 atom stereocenters. The van der Waals surface area contributed by atoms with Crippen molar-refractivity contribution in [2.45, 2.75) is 0 Å². The molecule has 0 saturated heterocycles. The lowest BCUT2D eigenvalue weighted by Crippen LogP contribution is -2.05. The molecule has 1 aromatic heterocycles. The fourth-order valence-electron chi connectivity index (χ4n) is 1.36. The molecular formula is C12H10BrN3O2. The van der Waals surface area contributed by atoms with Crippen molar-refractivity contribution in [1.29, 1.82) is 0 Å². The van der Waals surface area contributed by atoms with Crippen LogP contribution in [-0.4, -0.2) is 16.1 Å². The summed E-state index contributed by atoms with van der Waals surface area (Å²) in [5.74, 6) is -0.758. The summed E-state index contributed by atoms with van der Waals surface area (Å²) in [6, 6.07) is 10.3. The molecule has 1 heterocycles. The third kappa shape index (κ3) is 2.78. The zero-order chi connectivity index (χ0) is 13.1. The van der Waals surface area contributed by atoms with Crippen LogP contribution in [-0.2, 0) is 0 Å². The Hall–Kier alpha value is -2.08. The first kappa shape index (κ1) is 12.4. The van der Waals surface area contributed by atoms with Gasteiger partial charge in [0.25, 0.3) is 0 Å². The number of pyridine rings is 1. The second kappa shape index (κ2) is 5.05. The monoisotopic (exact) mass is 307 g/mol. The molecule has 2 rings (SSSR count). The molecule has 0 spiro atoms. The van der Waals surface area contributed by atoms with Gasteiger partial charge in [-0.1, -0.05) is 15.9 Å². The van der Waals surface area contributed by atoms with Crippen LogP contribution in [0.3, 0.4) is 0 Å². The van der Waals surface area contributed by atoms with Crippen LogP contribution in [0.4, 0.5) is 17.2 Å². The molecule has 6 heteroatoms. The summed E-state index contributed by atoms with van der Waals surface area (Å²) in [5, 5.41) is 11.8. The van der Waals surface area contributed by atoms with Gasteiger partial charge in [0.15, 0.2) is 11.5 Å². The number of carboxylic acids is 1. The number of aromatic nitrogens is 1. The normalized spacial score (nSPS) is 10.1. The minimum Gasteiger partial charge on any atom is -0.477 e. The number of hydrogen-bond donors (Lipinski definition) is 3. The number of nitrogens with zero attached hydrogens (tertiary/aromatic N) is 1. The molecule has 2 aromatic rings. The Morgan fingerprint density at radius 3 is 2.50 bits per heavy atom. The van der Waals surface area contributed by atoms with E-state index in [0.29, 0.717) is 11.5 Å². The molecule has 0 aliphatic carbocycles. The van der Waals surface area contributed by atoms with E-state index in [0.717, 1.165) is 10.2 Å². The predicted molar refractivity (Wildman–Crippen MR) is 73.0 cm³/mol. The van der Waals surface area contributed by atoms with Gasteiger partial charge in [0.2, 0.25) is 0 Å². The second-order valence-corrected chi connectivity index (χ2v) is 4.49. The van der Waals surface area contributed by atoms with Crippen LogP contribution in [0.2, 0.25) is 0 Å². The molecule has 92 valence electrons. The Morgan fingerprint density at radius 2 is 1.89 bits per heavy atom. The first-order chi connectivity index (χ1) is 8.56. The maximum absolute atomic E-state index is 10.8. The third-order valence-corrected chi connectivity index (χ3v) is 2.78. The maximum atomic E-state index is 10.8. The Kier molecular flexibility index (Phi) is 3.47. The van der Waals surface area contributed by atoms with Gasteiger partial charge in [-0.15, -0.1) is 0 Å². The molecule has 0 unspecified atom stereocenters. The summed E-state index contributed by atoms with van der Waals surface area (Å²) >= 11 is 3.33. The number of nitrogens with two attached hydrogens (primary N) is 1. The van der Waals surface area contributed by atoms with E-state index in [1.807, 2.05) is 24.3 Å². The van der Waals surface area contributed by atoms with Crippen LogP contribution in [0.1, 0.15) is 10.5 Å². The number of aromatic carboxylic acids is 1. The molecule has 0 bridgehead atoms. The largest absolute Gasteiger partial charge is 0.477 e. The van der Waals surface area contributed by atoms with Gasteiger partial charge in [0.1, 0.15) is 0 Å². The summed E-state index contributed by atoms with van der Waals surface area (Å²) < 4.78 is 0.952. The molecule has 0 aliphatic heterocycles. The molecule has 4 N–H and O–H groups in total. The number of nitrogen functional groups attached to an aromatic ring is 1. The van der Waals surface area contributed by atoms with E-state index in [2.05, 4.69) is 26.2 Å². The molecule has 0 radical (unpaired) electrons. The molecule has 0 aliphatic rings. The van der Waals surface area contributed by atoms with Crippen LogP contribution in [0.5, 0.6) is 0 Å². The van der Waals surface area contributed by atoms with Crippen LogP contribution in [0, 0.1) is 0 Å². The summed E-state index contributed by atoms with van der Waals surface area (Å²) in [5.41, 5.74) is 6.86. The van der Waals surface area contributed by atoms with Gasteiger partial charge in [0.05, 0.1) is 5.69 Å². The van der Waals surface area contributed by atoms with Crippen molar-refractivity contribution >= 4 is 39.1 Å². The second-order valence-electron chi connectivity index (χ2n) is 3.57. The van der Waals surface area contributed by atoms with Gasteiger partial charge in [0, 0.05) is 10.2 Å².